The molecule has 0 spiro atoms. The molecule has 0 radical (unpaired) electrons. The molecular weight excluding hydrogens is 359 g/mol. The highest BCUT2D eigenvalue weighted by Gasteiger charge is 2.48. The topological polar surface area (TPSA) is 172 Å². The molecule has 0 saturated carbocycles. The number of hydrogen-bond donors (Lipinski definition) is 3. The quantitative estimate of drug-likeness (QED) is 0.366. The van der Waals surface area contributed by atoms with Gasteiger partial charge in [0.25, 0.3) is 12.1 Å². The summed E-state index contributed by atoms with van der Waals surface area (Å²) in [5.74, 6) is -1.78. The van der Waals surface area contributed by atoms with Gasteiger partial charge in [0, 0.05) is 13.0 Å². The smallest absolute Gasteiger partial charge is 0.322 e. The first-order valence-corrected chi connectivity index (χ1v) is 8.55. The molecule has 5 atom stereocenters. The van der Waals surface area contributed by atoms with E-state index in [0.29, 0.717) is 0 Å². The van der Waals surface area contributed by atoms with Crippen molar-refractivity contribution in [2.75, 3.05) is 6.61 Å². The number of pyridine rings is 1. The lowest BCUT2D eigenvalue weighted by atomic mass is 10.1. The van der Waals surface area contributed by atoms with Gasteiger partial charge >= 0.3 is 13.8 Å². The summed E-state index contributed by atoms with van der Waals surface area (Å²) in [6.45, 7) is 0.204. The van der Waals surface area contributed by atoms with Crippen LogP contribution in [0.1, 0.15) is 23.5 Å². The van der Waals surface area contributed by atoms with Gasteiger partial charge in [-0.25, -0.2) is 0 Å². The van der Waals surface area contributed by atoms with Crippen molar-refractivity contribution in [1.82, 2.24) is 0 Å². The van der Waals surface area contributed by atoms with E-state index < -0.39 is 50.8 Å². The number of nitrogens with two attached hydrogens (primary N) is 1. The number of phosphoric acid groups is 1. The van der Waals surface area contributed by atoms with Crippen molar-refractivity contribution < 1.29 is 47.6 Å². The molecule has 2 rings (SSSR count). The van der Waals surface area contributed by atoms with Gasteiger partial charge in [-0.15, -0.1) is 0 Å². The van der Waals surface area contributed by atoms with E-state index in [9.17, 15) is 29.3 Å². The maximum absolute atomic E-state index is 11.4. The highest BCUT2D eigenvalue weighted by molar-refractivity contribution is 7.46. The lowest BCUT2D eigenvalue weighted by molar-refractivity contribution is -0.765. The third kappa shape index (κ3) is 4.82. The van der Waals surface area contributed by atoms with E-state index in [1.807, 2.05) is 0 Å². The molecule has 1 aliphatic rings. The second kappa shape index (κ2) is 7.56. The van der Waals surface area contributed by atoms with Crippen molar-refractivity contribution in [3.63, 3.8) is 0 Å². The van der Waals surface area contributed by atoms with Gasteiger partial charge in [0.1, 0.15) is 17.8 Å². The zero-order chi connectivity index (χ0) is 18.8. The normalized spacial score (nSPS) is 28.3. The Hall–Kier alpha value is -1.88. The molecule has 1 saturated heterocycles. The van der Waals surface area contributed by atoms with Crippen LogP contribution in [0.4, 0.5) is 0 Å². The fourth-order valence-corrected chi connectivity index (χ4v) is 2.96. The average molecular weight is 376 g/mol. The van der Waals surface area contributed by atoms with Gasteiger partial charge in [0.2, 0.25) is 0 Å². The van der Waals surface area contributed by atoms with Gasteiger partial charge in [-0.05, 0) is 6.07 Å². The van der Waals surface area contributed by atoms with Crippen molar-refractivity contribution in [2.24, 2.45) is 5.73 Å². The van der Waals surface area contributed by atoms with E-state index in [4.69, 9.17) is 10.5 Å². The van der Waals surface area contributed by atoms with Crippen molar-refractivity contribution >= 4 is 19.7 Å². The summed E-state index contributed by atoms with van der Waals surface area (Å²) in [5.41, 5.74) is 5.32. The standard InChI is InChI=1S/C13H17N2O9P/c1-7(16)24-25(20,21)22-6-9-10(17)11(18)13(23-9)15-4-2-3-8(5-15)12(14)19/h2-5,9-11,13,17-18H,6H2,1H3,(H2-,14,19,20,21)/t9-,10-,11-,13-/m1/s1. The molecule has 0 aromatic carbocycles. The van der Waals surface area contributed by atoms with Crippen LogP contribution in [0.25, 0.3) is 0 Å². The summed E-state index contributed by atoms with van der Waals surface area (Å²) in [6, 6.07) is 2.93. The Kier molecular flexibility index (Phi) is 5.88. The molecule has 1 unspecified atom stereocenters. The summed E-state index contributed by atoms with van der Waals surface area (Å²) in [4.78, 5) is 33.2. The molecule has 138 valence electrons. The molecule has 0 bridgehead atoms. The Bertz CT molecular complexity index is 712. The van der Waals surface area contributed by atoms with Crippen LogP contribution >= 0.6 is 7.82 Å². The van der Waals surface area contributed by atoms with E-state index in [1.54, 1.807) is 0 Å². The van der Waals surface area contributed by atoms with E-state index in [-0.39, 0.29) is 5.56 Å². The van der Waals surface area contributed by atoms with Crippen molar-refractivity contribution in [3.8, 4) is 0 Å². The molecule has 1 aromatic rings. The Morgan fingerprint density at radius 3 is 2.72 bits per heavy atom. The van der Waals surface area contributed by atoms with Crippen LogP contribution < -0.4 is 15.2 Å². The number of aliphatic hydroxyl groups is 2. The Balaban J connectivity index is 2.08. The predicted octanol–water partition coefficient (Wildman–Crippen LogP) is -2.26. The van der Waals surface area contributed by atoms with E-state index in [0.717, 1.165) is 6.92 Å². The number of carbonyl (C=O) groups is 2. The summed E-state index contributed by atoms with van der Waals surface area (Å²) in [7, 11) is -4.90. The Labute approximate surface area is 142 Å². The number of phosphoric ester groups is 1. The van der Waals surface area contributed by atoms with E-state index >= 15 is 0 Å². The molecule has 1 fully saturated rings. The van der Waals surface area contributed by atoms with Gasteiger partial charge in [-0.2, -0.15) is 4.57 Å². The number of hydrogen-bond acceptors (Lipinski definition) is 9. The molecule has 1 aromatic heterocycles. The summed E-state index contributed by atoms with van der Waals surface area (Å²) in [5, 5.41) is 20.1. The van der Waals surface area contributed by atoms with Crippen LogP contribution in [0.2, 0.25) is 0 Å². The minimum Gasteiger partial charge on any atom is -0.746 e. The Morgan fingerprint density at radius 2 is 2.12 bits per heavy atom. The zero-order valence-electron chi connectivity index (χ0n) is 13.0. The minimum absolute atomic E-state index is 0.145. The Morgan fingerprint density at radius 1 is 1.44 bits per heavy atom. The number of primary amides is 1. The molecular formula is C13H17N2O9P. The highest BCUT2D eigenvalue weighted by Crippen LogP contribution is 2.39. The van der Waals surface area contributed by atoms with Crippen LogP contribution in [-0.2, 0) is 23.1 Å². The van der Waals surface area contributed by atoms with E-state index in [1.165, 1.54) is 29.1 Å². The highest BCUT2D eigenvalue weighted by atomic mass is 31.2. The van der Waals surface area contributed by atoms with Crippen LogP contribution in [0.15, 0.2) is 24.5 Å². The largest absolute Gasteiger partial charge is 0.746 e. The first-order chi connectivity index (χ1) is 11.6. The van der Waals surface area contributed by atoms with Gasteiger partial charge in [0.05, 0.1) is 6.61 Å². The number of nitrogens with zero attached hydrogens (tertiary/aromatic N) is 1. The fourth-order valence-electron chi connectivity index (χ4n) is 2.26. The second-order valence-corrected chi connectivity index (χ2v) is 6.61. The first kappa shape index (κ1) is 19.4. The molecule has 4 N–H and O–H groups in total. The average Bonchev–Trinajstić information content (AvgIpc) is 2.80. The van der Waals surface area contributed by atoms with Crippen LogP contribution in [0.3, 0.4) is 0 Å². The molecule has 0 aliphatic carbocycles. The number of rotatable bonds is 6. The number of ether oxygens (including phenoxy) is 1. The van der Waals surface area contributed by atoms with Crippen molar-refractivity contribution in [2.45, 2.75) is 31.5 Å². The van der Waals surface area contributed by atoms with Crippen LogP contribution in [-0.4, -0.2) is 47.0 Å². The lowest BCUT2D eigenvalue weighted by Gasteiger charge is -2.23. The van der Waals surface area contributed by atoms with Crippen LogP contribution in [0.5, 0.6) is 0 Å². The SMILES string of the molecule is CC(=O)OP(=O)([O-])OC[C@H]1O[C@@H]([n+]2cccc(C(N)=O)c2)[C@H](O)[C@@H]1O. The second-order valence-electron chi connectivity index (χ2n) is 5.28. The maximum Gasteiger partial charge on any atom is 0.322 e. The van der Waals surface area contributed by atoms with Gasteiger partial charge in [-0.3, -0.25) is 14.2 Å². The minimum atomic E-state index is -4.90. The van der Waals surface area contributed by atoms with Crippen molar-refractivity contribution in [3.05, 3.63) is 30.1 Å². The monoisotopic (exact) mass is 376 g/mol. The van der Waals surface area contributed by atoms with Crippen molar-refractivity contribution in [1.29, 1.82) is 0 Å². The van der Waals surface area contributed by atoms with Gasteiger partial charge in [-0.1, -0.05) is 0 Å². The van der Waals surface area contributed by atoms with E-state index in [2.05, 4.69) is 9.05 Å². The van der Waals surface area contributed by atoms with Gasteiger partial charge in [0.15, 0.2) is 18.5 Å². The lowest BCUT2D eigenvalue weighted by Crippen LogP contribution is -2.46. The third-order valence-corrected chi connectivity index (χ3v) is 4.32. The number of aliphatic hydroxyl groups excluding tert-OH is 2. The predicted molar refractivity (Wildman–Crippen MR) is 76.4 cm³/mol. The summed E-state index contributed by atoms with van der Waals surface area (Å²) < 4.78 is 26.5. The molecule has 2 heterocycles. The molecule has 1 aliphatic heterocycles. The molecule has 25 heavy (non-hydrogen) atoms. The van der Waals surface area contributed by atoms with Gasteiger partial charge < -0.3 is 34.6 Å². The third-order valence-electron chi connectivity index (χ3n) is 3.37. The first-order valence-electron chi connectivity index (χ1n) is 7.08. The number of aromatic nitrogens is 1. The molecule has 1 amide bonds. The summed E-state index contributed by atoms with van der Waals surface area (Å²) in [6.07, 6.45) is -2.46. The fraction of sp³-hybridized carbons (Fsp3) is 0.462. The maximum atomic E-state index is 11.4. The zero-order valence-corrected chi connectivity index (χ0v) is 13.9. The molecule has 11 nitrogen and oxygen atoms in total. The number of carbonyl (C=O) groups excluding carboxylic acids is 2. The summed E-state index contributed by atoms with van der Waals surface area (Å²) >= 11 is 0. The van der Waals surface area contributed by atoms with Crippen LogP contribution in [0, 0.1) is 0 Å². The number of amides is 1. The molecule has 12 heteroatoms.